The van der Waals surface area contributed by atoms with Crippen molar-refractivity contribution in [2.45, 2.75) is 19.4 Å². The van der Waals surface area contributed by atoms with Gasteiger partial charge in [-0.1, -0.05) is 29.5 Å². The maximum absolute atomic E-state index is 11.1. The Balaban J connectivity index is 2.44. The first kappa shape index (κ1) is 13.2. The summed E-state index contributed by atoms with van der Waals surface area (Å²) in [7, 11) is 0. The van der Waals surface area contributed by atoms with Crippen molar-refractivity contribution in [1.29, 1.82) is 0 Å². The summed E-state index contributed by atoms with van der Waals surface area (Å²) in [6.45, 7) is 2.02. The van der Waals surface area contributed by atoms with Gasteiger partial charge in [0.25, 0.3) is 0 Å². The van der Waals surface area contributed by atoms with Crippen LogP contribution < -0.4 is 10.4 Å². The number of alkyl halides is 1. The first-order valence-electron chi connectivity index (χ1n) is 5.63. The van der Waals surface area contributed by atoms with Gasteiger partial charge in [0.2, 0.25) is 0 Å². The van der Waals surface area contributed by atoms with Gasteiger partial charge >= 0.3 is 5.63 Å². The van der Waals surface area contributed by atoms with E-state index in [1.807, 2.05) is 6.92 Å². The molecule has 2 aromatic rings. The molecule has 0 radical (unpaired) electrons. The molecule has 18 heavy (non-hydrogen) atoms. The SMILES string of the molecule is CCC(CI)Oc1cc2oc(=O)ccc2cc1O. The molecule has 0 spiro atoms. The van der Waals surface area contributed by atoms with E-state index in [1.54, 1.807) is 12.1 Å². The molecule has 0 aliphatic rings. The predicted octanol–water partition coefficient (Wildman–Crippen LogP) is 3.09. The van der Waals surface area contributed by atoms with Gasteiger partial charge < -0.3 is 14.3 Å². The second-order valence-corrected chi connectivity index (χ2v) is 4.80. The van der Waals surface area contributed by atoms with Crippen LogP contribution >= 0.6 is 22.6 Å². The summed E-state index contributed by atoms with van der Waals surface area (Å²) < 4.78 is 11.6. The normalized spacial score (nSPS) is 12.6. The highest BCUT2D eigenvalue weighted by Gasteiger charge is 2.12. The van der Waals surface area contributed by atoms with E-state index >= 15 is 0 Å². The summed E-state index contributed by atoms with van der Waals surface area (Å²) in [6, 6.07) is 6.02. The fraction of sp³-hybridized carbons (Fsp3) is 0.308. The van der Waals surface area contributed by atoms with Crippen molar-refractivity contribution >= 4 is 33.6 Å². The van der Waals surface area contributed by atoms with E-state index in [0.717, 1.165) is 10.8 Å². The van der Waals surface area contributed by atoms with E-state index < -0.39 is 5.63 Å². The fourth-order valence-corrected chi connectivity index (χ4v) is 2.39. The van der Waals surface area contributed by atoms with Gasteiger partial charge in [0.15, 0.2) is 11.5 Å². The number of rotatable bonds is 4. The number of halogens is 1. The van der Waals surface area contributed by atoms with Crippen LogP contribution in [0.25, 0.3) is 11.0 Å². The summed E-state index contributed by atoms with van der Waals surface area (Å²) in [5, 5.41) is 10.5. The highest BCUT2D eigenvalue weighted by Crippen LogP contribution is 2.32. The lowest BCUT2D eigenvalue weighted by atomic mass is 10.2. The summed E-state index contributed by atoms with van der Waals surface area (Å²) in [4.78, 5) is 11.1. The Hall–Kier alpha value is -1.24. The van der Waals surface area contributed by atoms with Crippen molar-refractivity contribution < 1.29 is 14.3 Å². The minimum absolute atomic E-state index is 0.0318. The number of hydrogen-bond acceptors (Lipinski definition) is 4. The zero-order chi connectivity index (χ0) is 13.1. The van der Waals surface area contributed by atoms with Gasteiger partial charge in [-0.3, -0.25) is 0 Å². The molecule has 0 saturated heterocycles. The minimum Gasteiger partial charge on any atom is -0.504 e. The van der Waals surface area contributed by atoms with Crippen LogP contribution in [0.1, 0.15) is 13.3 Å². The highest BCUT2D eigenvalue weighted by atomic mass is 127. The van der Waals surface area contributed by atoms with E-state index in [1.165, 1.54) is 12.1 Å². The van der Waals surface area contributed by atoms with Gasteiger partial charge in [0.05, 0.1) is 0 Å². The Morgan fingerprint density at radius 1 is 1.44 bits per heavy atom. The van der Waals surface area contributed by atoms with E-state index in [0.29, 0.717) is 16.7 Å². The smallest absolute Gasteiger partial charge is 0.336 e. The molecular weight excluding hydrogens is 347 g/mol. The van der Waals surface area contributed by atoms with Crippen LogP contribution in [-0.2, 0) is 0 Å². The number of ether oxygens (including phenoxy) is 1. The van der Waals surface area contributed by atoms with Crippen molar-refractivity contribution in [2.75, 3.05) is 4.43 Å². The van der Waals surface area contributed by atoms with Gasteiger partial charge in [0, 0.05) is 21.9 Å². The molecule has 4 nitrogen and oxygen atoms in total. The first-order chi connectivity index (χ1) is 8.63. The molecule has 0 fully saturated rings. The maximum atomic E-state index is 11.1. The average Bonchev–Trinajstić information content (AvgIpc) is 2.36. The number of aromatic hydroxyl groups is 1. The predicted molar refractivity (Wildman–Crippen MR) is 77.7 cm³/mol. The molecule has 1 atom stereocenters. The van der Waals surface area contributed by atoms with Crippen molar-refractivity contribution in [3.63, 3.8) is 0 Å². The zero-order valence-electron chi connectivity index (χ0n) is 9.85. The number of phenols is 1. The lowest BCUT2D eigenvalue weighted by Crippen LogP contribution is -2.16. The molecule has 0 bridgehead atoms. The van der Waals surface area contributed by atoms with E-state index in [9.17, 15) is 9.90 Å². The quantitative estimate of drug-likeness (QED) is 0.517. The molecule has 1 aromatic heterocycles. The highest BCUT2D eigenvalue weighted by molar-refractivity contribution is 14.1. The Kier molecular flexibility index (Phi) is 4.11. The Morgan fingerprint density at radius 2 is 2.22 bits per heavy atom. The van der Waals surface area contributed by atoms with E-state index in [4.69, 9.17) is 9.15 Å². The maximum Gasteiger partial charge on any atom is 0.336 e. The standard InChI is InChI=1S/C13H13IO4/c1-2-9(7-14)17-12-6-11-8(5-10(12)15)3-4-13(16)18-11/h3-6,9,15H,2,7H2,1H3. The van der Waals surface area contributed by atoms with Crippen LogP contribution in [0.5, 0.6) is 11.5 Å². The second kappa shape index (κ2) is 5.60. The Bertz CT molecular complexity index is 601. The van der Waals surface area contributed by atoms with Crippen LogP contribution in [0.15, 0.2) is 33.5 Å². The molecule has 0 saturated carbocycles. The van der Waals surface area contributed by atoms with Crippen molar-refractivity contribution in [2.24, 2.45) is 0 Å². The zero-order valence-corrected chi connectivity index (χ0v) is 12.0. The topological polar surface area (TPSA) is 59.7 Å². The van der Waals surface area contributed by atoms with Crippen molar-refractivity contribution in [1.82, 2.24) is 0 Å². The summed E-state index contributed by atoms with van der Waals surface area (Å²) >= 11 is 2.23. The van der Waals surface area contributed by atoms with Crippen LogP contribution in [0.4, 0.5) is 0 Å². The largest absolute Gasteiger partial charge is 0.504 e. The summed E-state index contributed by atoms with van der Waals surface area (Å²) in [5.74, 6) is 0.403. The molecule has 1 aromatic carbocycles. The van der Waals surface area contributed by atoms with Gasteiger partial charge in [-0.2, -0.15) is 0 Å². The number of fused-ring (bicyclic) bond motifs is 1. The van der Waals surface area contributed by atoms with Crippen LogP contribution in [-0.4, -0.2) is 15.6 Å². The van der Waals surface area contributed by atoms with E-state index in [2.05, 4.69) is 22.6 Å². The van der Waals surface area contributed by atoms with Gasteiger partial charge in [-0.25, -0.2) is 4.79 Å². The van der Waals surface area contributed by atoms with Gasteiger partial charge in [-0.05, 0) is 18.6 Å². The van der Waals surface area contributed by atoms with E-state index in [-0.39, 0.29) is 11.9 Å². The molecule has 2 rings (SSSR count). The monoisotopic (exact) mass is 360 g/mol. The number of benzene rings is 1. The van der Waals surface area contributed by atoms with Crippen LogP contribution in [0, 0.1) is 0 Å². The fourth-order valence-electron chi connectivity index (χ4n) is 1.58. The molecule has 0 aliphatic carbocycles. The molecule has 1 unspecified atom stereocenters. The molecule has 1 N–H and O–H groups in total. The molecule has 5 heteroatoms. The Morgan fingerprint density at radius 3 is 2.89 bits per heavy atom. The number of hydrogen-bond donors (Lipinski definition) is 1. The third-order valence-electron chi connectivity index (χ3n) is 2.62. The molecule has 96 valence electrons. The van der Waals surface area contributed by atoms with Crippen LogP contribution in [0.2, 0.25) is 0 Å². The summed E-state index contributed by atoms with van der Waals surface area (Å²) in [5.41, 5.74) is -0.00122. The minimum atomic E-state index is -0.417. The lowest BCUT2D eigenvalue weighted by molar-refractivity contribution is 0.216. The molecule has 0 amide bonds. The first-order valence-corrected chi connectivity index (χ1v) is 7.16. The van der Waals surface area contributed by atoms with Crippen molar-refractivity contribution in [3.8, 4) is 11.5 Å². The van der Waals surface area contributed by atoms with Crippen molar-refractivity contribution in [3.05, 3.63) is 34.7 Å². The molecule has 0 aliphatic heterocycles. The Labute approximate surface area is 118 Å². The number of phenolic OH excluding ortho intramolecular Hbond substituents is 1. The molecular formula is C13H13IO4. The lowest BCUT2D eigenvalue weighted by Gasteiger charge is -2.16. The second-order valence-electron chi connectivity index (χ2n) is 3.91. The van der Waals surface area contributed by atoms with Gasteiger partial charge in [0.1, 0.15) is 11.7 Å². The van der Waals surface area contributed by atoms with Crippen LogP contribution in [0.3, 0.4) is 0 Å². The summed E-state index contributed by atoms with van der Waals surface area (Å²) in [6.07, 6.45) is 0.878. The van der Waals surface area contributed by atoms with Gasteiger partial charge in [-0.15, -0.1) is 0 Å². The third kappa shape index (κ3) is 2.77. The molecule has 1 heterocycles. The third-order valence-corrected chi connectivity index (χ3v) is 3.60. The average molecular weight is 360 g/mol.